The van der Waals surface area contributed by atoms with Crippen molar-refractivity contribution in [2.24, 2.45) is 39.9 Å². The molecule has 38 heavy (non-hydrogen) atoms. The van der Waals surface area contributed by atoms with Gasteiger partial charge in [0, 0.05) is 11.1 Å². The van der Waals surface area contributed by atoms with E-state index >= 15 is 0 Å². The van der Waals surface area contributed by atoms with E-state index in [2.05, 4.69) is 54.5 Å². The zero-order chi connectivity index (χ0) is 27.5. The van der Waals surface area contributed by atoms with Crippen molar-refractivity contribution in [2.75, 3.05) is 11.5 Å². The van der Waals surface area contributed by atoms with Crippen LogP contribution in [0, 0.1) is 39.9 Å². The Kier molecular flexibility index (Phi) is 7.23. The molecule has 0 amide bonds. The summed E-state index contributed by atoms with van der Waals surface area (Å²) < 4.78 is 6.66. The lowest BCUT2D eigenvalue weighted by Crippen LogP contribution is -2.55. The molecule has 7 atom stereocenters. The van der Waals surface area contributed by atoms with Crippen LogP contribution >= 0.6 is 0 Å². The van der Waals surface area contributed by atoms with Crippen molar-refractivity contribution in [1.82, 2.24) is 0 Å². The Balaban J connectivity index is 1.36. The van der Waals surface area contributed by atoms with Gasteiger partial charge in [0.1, 0.15) is 11.9 Å². The Hall–Kier alpha value is -1.90. The third-order valence-electron chi connectivity index (χ3n) is 12.1. The minimum absolute atomic E-state index is 0.0950. The summed E-state index contributed by atoms with van der Waals surface area (Å²) in [5.74, 6) is 3.95. The third kappa shape index (κ3) is 4.50. The lowest BCUT2D eigenvalue weighted by molar-refractivity contribution is -0.0813. The summed E-state index contributed by atoms with van der Waals surface area (Å²) in [6.45, 7) is 17.2. The number of hydrogen-bond donors (Lipinski definition) is 2. The molecule has 0 radical (unpaired) electrons. The summed E-state index contributed by atoms with van der Waals surface area (Å²) in [4.78, 5) is 0. The third-order valence-corrected chi connectivity index (χ3v) is 12.1. The summed E-state index contributed by atoms with van der Waals surface area (Å²) in [5.41, 5.74) is 19.7. The first-order chi connectivity index (χ1) is 17.9. The van der Waals surface area contributed by atoms with Crippen LogP contribution in [-0.2, 0) is 0 Å². The van der Waals surface area contributed by atoms with Gasteiger partial charge in [-0.1, -0.05) is 57.4 Å². The quantitative estimate of drug-likeness (QED) is 0.291. The fourth-order valence-electron chi connectivity index (χ4n) is 10.1. The molecule has 1 aromatic carbocycles. The van der Waals surface area contributed by atoms with Gasteiger partial charge in [-0.05, 0) is 131 Å². The second kappa shape index (κ2) is 9.93. The maximum atomic E-state index is 6.66. The van der Waals surface area contributed by atoms with Crippen LogP contribution < -0.4 is 16.2 Å². The fraction of sp³-hybridized carbons (Fsp3) is 0.714. The molecule has 5 rings (SSSR count). The highest BCUT2D eigenvalue weighted by atomic mass is 16.5. The van der Waals surface area contributed by atoms with E-state index in [1.807, 2.05) is 29.3 Å². The lowest BCUT2D eigenvalue weighted by Gasteiger charge is -2.60. The maximum Gasteiger partial charge on any atom is 0.142 e. The molecular formula is C35H54N2O. The number of hydrogen-bond acceptors (Lipinski definition) is 3. The molecule has 0 aliphatic heterocycles. The zero-order valence-electron chi connectivity index (χ0n) is 25.3. The number of benzene rings is 1. The number of ether oxygens (including phenoxy) is 1. The molecule has 4 aliphatic rings. The van der Waals surface area contributed by atoms with Crippen molar-refractivity contribution in [1.29, 1.82) is 0 Å². The van der Waals surface area contributed by atoms with Crippen LogP contribution in [-0.4, -0.2) is 6.10 Å². The average Bonchev–Trinajstić information content (AvgIpc) is 3.19. The molecule has 2 fully saturated rings. The van der Waals surface area contributed by atoms with Gasteiger partial charge in [0.15, 0.2) is 0 Å². The first-order valence-electron chi connectivity index (χ1n) is 15.6. The van der Waals surface area contributed by atoms with Crippen molar-refractivity contribution >= 4 is 11.4 Å². The minimum atomic E-state index is 0.0950. The van der Waals surface area contributed by atoms with Crippen molar-refractivity contribution < 1.29 is 4.74 Å². The molecule has 0 heterocycles. The smallest absolute Gasteiger partial charge is 0.142 e. The number of nitrogen functional groups attached to an aromatic ring is 2. The highest BCUT2D eigenvalue weighted by Gasteiger charge is 2.59. The molecule has 0 aromatic heterocycles. The Morgan fingerprint density at radius 1 is 1.03 bits per heavy atom. The van der Waals surface area contributed by atoms with E-state index in [1.165, 1.54) is 63.4 Å². The summed E-state index contributed by atoms with van der Waals surface area (Å²) in [6.07, 6.45) is 15.7. The molecule has 210 valence electrons. The Morgan fingerprint density at radius 3 is 2.50 bits per heavy atom. The number of nitrogens with two attached hydrogens (primary N) is 2. The first-order valence-corrected chi connectivity index (χ1v) is 15.6. The van der Waals surface area contributed by atoms with Gasteiger partial charge in [-0.15, -0.1) is 0 Å². The molecule has 2 saturated carbocycles. The average molecular weight is 519 g/mol. The largest absolute Gasteiger partial charge is 0.488 e. The van der Waals surface area contributed by atoms with Crippen molar-refractivity contribution in [3.05, 3.63) is 41.0 Å². The molecule has 4 N–H and O–H groups in total. The summed E-state index contributed by atoms with van der Waals surface area (Å²) in [6, 6.07) is 5.68. The molecular weight excluding hydrogens is 464 g/mol. The number of fused-ring (bicyclic) bond motifs is 4. The van der Waals surface area contributed by atoms with Gasteiger partial charge in [0.05, 0.1) is 5.69 Å². The predicted molar refractivity (Wildman–Crippen MR) is 162 cm³/mol. The van der Waals surface area contributed by atoms with Crippen molar-refractivity contribution in [3.8, 4) is 5.75 Å². The summed E-state index contributed by atoms with van der Waals surface area (Å²) >= 11 is 0. The Morgan fingerprint density at radius 2 is 1.79 bits per heavy atom. The lowest BCUT2D eigenvalue weighted by atomic mass is 9.45. The minimum Gasteiger partial charge on any atom is -0.488 e. The van der Waals surface area contributed by atoms with Crippen LogP contribution in [0.1, 0.15) is 113 Å². The van der Waals surface area contributed by atoms with Crippen LogP contribution in [0.25, 0.3) is 0 Å². The van der Waals surface area contributed by atoms with Gasteiger partial charge in [0.25, 0.3) is 0 Å². The van der Waals surface area contributed by atoms with Crippen molar-refractivity contribution in [2.45, 2.75) is 119 Å². The normalized spacial score (nSPS) is 36.6. The van der Waals surface area contributed by atoms with Gasteiger partial charge >= 0.3 is 0 Å². The van der Waals surface area contributed by atoms with Crippen LogP contribution in [0.3, 0.4) is 0 Å². The molecule has 4 aliphatic carbocycles. The number of anilines is 2. The van der Waals surface area contributed by atoms with Crippen LogP contribution in [0.2, 0.25) is 0 Å². The van der Waals surface area contributed by atoms with Gasteiger partial charge in [-0.2, -0.15) is 0 Å². The second-order valence-corrected chi connectivity index (χ2v) is 14.9. The van der Waals surface area contributed by atoms with E-state index in [-0.39, 0.29) is 11.5 Å². The fourth-order valence-corrected chi connectivity index (χ4v) is 10.1. The van der Waals surface area contributed by atoms with Crippen LogP contribution in [0.5, 0.6) is 5.75 Å². The molecule has 1 aromatic rings. The SMILES string of the molecule is CC(C)=CCCC(C)C1CCC2C3=C(CCC21C)C1(C)CCC(Oc2ccc(N)cc2N)C(C)(C)C1CC3. The number of allylic oxidation sites excluding steroid dienone is 4. The standard InChI is InChI=1S/C35H54N2O/c1-22(2)9-8-10-23(3)26-13-14-27-25-12-16-31-33(4,5)32(38-30-15-11-24(36)21-29(30)37)18-20-35(31,7)28(25)17-19-34(26,27)6/h9,11,15,21,23,26-27,31-32H,8,10,12-14,16-20,36-37H2,1-7H3. The first kappa shape index (κ1) is 27.7. The maximum absolute atomic E-state index is 6.66. The van der Waals surface area contributed by atoms with E-state index in [4.69, 9.17) is 16.2 Å². The Labute approximate surface area is 232 Å². The molecule has 0 spiro atoms. The molecule has 7 unspecified atom stereocenters. The van der Waals surface area contributed by atoms with E-state index in [1.54, 1.807) is 0 Å². The van der Waals surface area contributed by atoms with E-state index < -0.39 is 0 Å². The van der Waals surface area contributed by atoms with E-state index in [9.17, 15) is 0 Å². The highest BCUT2D eigenvalue weighted by Crippen LogP contribution is 2.68. The van der Waals surface area contributed by atoms with Gasteiger partial charge in [-0.25, -0.2) is 0 Å². The van der Waals surface area contributed by atoms with Gasteiger partial charge < -0.3 is 16.2 Å². The molecule has 0 saturated heterocycles. The zero-order valence-corrected chi connectivity index (χ0v) is 25.3. The van der Waals surface area contributed by atoms with E-state index in [0.717, 1.165) is 29.9 Å². The van der Waals surface area contributed by atoms with Gasteiger partial charge in [-0.3, -0.25) is 0 Å². The monoisotopic (exact) mass is 518 g/mol. The van der Waals surface area contributed by atoms with Gasteiger partial charge in [0.2, 0.25) is 0 Å². The van der Waals surface area contributed by atoms with Crippen LogP contribution in [0.15, 0.2) is 41.0 Å². The van der Waals surface area contributed by atoms with Crippen LogP contribution in [0.4, 0.5) is 11.4 Å². The predicted octanol–water partition coefficient (Wildman–Crippen LogP) is 9.34. The van der Waals surface area contributed by atoms with E-state index in [0.29, 0.717) is 28.1 Å². The molecule has 3 heteroatoms. The number of rotatable bonds is 6. The summed E-state index contributed by atoms with van der Waals surface area (Å²) in [5, 5.41) is 0. The summed E-state index contributed by atoms with van der Waals surface area (Å²) in [7, 11) is 0. The topological polar surface area (TPSA) is 61.3 Å². The Bertz CT molecular complexity index is 1110. The van der Waals surface area contributed by atoms with Crippen molar-refractivity contribution in [3.63, 3.8) is 0 Å². The molecule has 0 bridgehead atoms. The second-order valence-electron chi connectivity index (χ2n) is 14.9. The molecule has 3 nitrogen and oxygen atoms in total. The highest BCUT2D eigenvalue weighted by molar-refractivity contribution is 5.60.